The Labute approximate surface area is 118 Å². The van der Waals surface area contributed by atoms with Crippen LogP contribution in [-0.2, 0) is 6.54 Å². The Balaban J connectivity index is 2.06. The average Bonchev–Trinajstić information content (AvgIpc) is 2.45. The first-order chi connectivity index (χ1) is 9.58. The van der Waals surface area contributed by atoms with Crippen molar-refractivity contribution < 1.29 is 4.39 Å². The molecule has 0 saturated heterocycles. The van der Waals surface area contributed by atoms with Crippen LogP contribution in [0.5, 0.6) is 0 Å². The molecule has 2 aromatic rings. The third-order valence-corrected chi connectivity index (χ3v) is 3.21. The zero-order valence-corrected chi connectivity index (χ0v) is 12.0. The summed E-state index contributed by atoms with van der Waals surface area (Å²) in [6, 6.07) is 5.43. The van der Waals surface area contributed by atoms with Gasteiger partial charge in [0, 0.05) is 43.3 Å². The van der Waals surface area contributed by atoms with Gasteiger partial charge in [-0.15, -0.1) is 0 Å². The number of nitrogens with zero attached hydrogens (tertiary/aromatic N) is 3. The number of anilines is 2. The van der Waals surface area contributed by atoms with Crippen molar-refractivity contribution in [3.63, 3.8) is 0 Å². The fourth-order valence-electron chi connectivity index (χ4n) is 1.81. The highest BCUT2D eigenvalue weighted by Gasteiger charge is 2.10. The van der Waals surface area contributed by atoms with Crippen LogP contribution in [-0.4, -0.2) is 23.1 Å². The Hall–Kier alpha value is -2.17. The monoisotopic (exact) mass is 274 g/mol. The van der Waals surface area contributed by atoms with Gasteiger partial charge >= 0.3 is 0 Å². The maximum atomic E-state index is 14.1. The quantitative estimate of drug-likeness (QED) is 0.909. The first kappa shape index (κ1) is 14.2. The molecule has 0 radical (unpaired) electrons. The van der Waals surface area contributed by atoms with E-state index in [0.717, 1.165) is 11.3 Å². The molecule has 0 aliphatic rings. The van der Waals surface area contributed by atoms with Gasteiger partial charge in [0.1, 0.15) is 12.1 Å². The maximum Gasteiger partial charge on any atom is 0.148 e. The van der Waals surface area contributed by atoms with E-state index in [1.807, 2.05) is 31.9 Å². The number of hydrogen-bond acceptors (Lipinski definition) is 4. The lowest BCUT2D eigenvalue weighted by molar-refractivity contribution is 0.614. The summed E-state index contributed by atoms with van der Waals surface area (Å²) < 4.78 is 14.1. The molecule has 0 saturated carbocycles. The summed E-state index contributed by atoms with van der Waals surface area (Å²) in [6.45, 7) is 4.63. The van der Waals surface area contributed by atoms with Gasteiger partial charge < -0.3 is 10.2 Å². The van der Waals surface area contributed by atoms with Crippen molar-refractivity contribution in [1.29, 1.82) is 0 Å². The highest BCUT2D eigenvalue weighted by atomic mass is 19.1. The molecule has 0 bridgehead atoms. The van der Waals surface area contributed by atoms with Gasteiger partial charge in [0.05, 0.1) is 5.69 Å². The van der Waals surface area contributed by atoms with Gasteiger partial charge in [0.25, 0.3) is 0 Å². The number of halogens is 1. The highest BCUT2D eigenvalue weighted by Crippen LogP contribution is 2.23. The van der Waals surface area contributed by atoms with Gasteiger partial charge in [-0.2, -0.15) is 0 Å². The second kappa shape index (κ2) is 6.32. The lowest BCUT2D eigenvalue weighted by Crippen LogP contribution is -2.26. The van der Waals surface area contributed by atoms with E-state index in [4.69, 9.17) is 0 Å². The van der Waals surface area contributed by atoms with Gasteiger partial charge in [-0.3, -0.25) is 0 Å². The molecule has 0 aliphatic carbocycles. The number of hydrogen-bond donors (Lipinski definition) is 1. The van der Waals surface area contributed by atoms with Crippen LogP contribution < -0.4 is 10.2 Å². The molecular formula is C15H19FN4. The van der Waals surface area contributed by atoms with Crippen molar-refractivity contribution in [3.05, 3.63) is 48.3 Å². The minimum absolute atomic E-state index is 0.226. The van der Waals surface area contributed by atoms with Crippen molar-refractivity contribution >= 4 is 11.4 Å². The van der Waals surface area contributed by atoms with Crippen LogP contribution in [0.25, 0.3) is 0 Å². The first-order valence-corrected chi connectivity index (χ1v) is 6.58. The van der Waals surface area contributed by atoms with E-state index in [1.165, 1.54) is 12.4 Å². The van der Waals surface area contributed by atoms with Gasteiger partial charge in [-0.1, -0.05) is 0 Å². The first-order valence-electron chi connectivity index (χ1n) is 6.58. The molecule has 1 aromatic carbocycles. The van der Waals surface area contributed by atoms with E-state index >= 15 is 0 Å². The molecular weight excluding hydrogens is 255 g/mol. The molecule has 1 N–H and O–H groups in total. The Morgan fingerprint density at radius 3 is 2.55 bits per heavy atom. The van der Waals surface area contributed by atoms with Crippen molar-refractivity contribution in [2.75, 3.05) is 17.3 Å². The lowest BCUT2D eigenvalue weighted by Gasteiger charge is -2.24. The smallest absolute Gasteiger partial charge is 0.148 e. The predicted octanol–water partition coefficient (Wildman–Crippen LogP) is 3.07. The molecule has 1 aromatic heterocycles. The highest BCUT2D eigenvalue weighted by molar-refractivity contribution is 5.56. The zero-order chi connectivity index (χ0) is 14.5. The summed E-state index contributed by atoms with van der Waals surface area (Å²) >= 11 is 0. The third-order valence-electron chi connectivity index (χ3n) is 3.21. The van der Waals surface area contributed by atoms with Crippen LogP contribution in [0.3, 0.4) is 0 Å². The summed E-state index contributed by atoms with van der Waals surface area (Å²) in [5.41, 5.74) is 2.30. The van der Waals surface area contributed by atoms with Gasteiger partial charge in [-0.05, 0) is 32.0 Å². The van der Waals surface area contributed by atoms with E-state index in [9.17, 15) is 4.39 Å². The van der Waals surface area contributed by atoms with E-state index in [-0.39, 0.29) is 11.9 Å². The predicted molar refractivity (Wildman–Crippen MR) is 79.3 cm³/mol. The SMILES string of the molecule is CC(C)N(C)c1ccc(NCc2cncnc2)cc1F. The van der Waals surface area contributed by atoms with Crippen LogP contribution in [0.15, 0.2) is 36.9 Å². The Morgan fingerprint density at radius 1 is 1.25 bits per heavy atom. The molecule has 0 amide bonds. The summed E-state index contributed by atoms with van der Waals surface area (Å²) in [4.78, 5) is 9.79. The van der Waals surface area contributed by atoms with E-state index in [0.29, 0.717) is 12.2 Å². The van der Waals surface area contributed by atoms with Crippen molar-refractivity contribution in [2.24, 2.45) is 0 Å². The minimum atomic E-state index is -0.226. The van der Waals surface area contributed by atoms with E-state index < -0.39 is 0 Å². The van der Waals surface area contributed by atoms with Crippen LogP contribution in [0.4, 0.5) is 15.8 Å². The molecule has 0 spiro atoms. The Kier molecular flexibility index (Phi) is 4.50. The molecule has 0 unspecified atom stereocenters. The lowest BCUT2D eigenvalue weighted by atomic mass is 10.2. The van der Waals surface area contributed by atoms with Crippen molar-refractivity contribution in [1.82, 2.24) is 9.97 Å². The van der Waals surface area contributed by atoms with Crippen LogP contribution in [0.2, 0.25) is 0 Å². The fraction of sp³-hybridized carbons (Fsp3) is 0.333. The standard InChI is InChI=1S/C15H19FN4/c1-11(2)20(3)15-5-4-13(6-14(15)16)19-9-12-7-17-10-18-8-12/h4-8,10-11,19H,9H2,1-3H3. The van der Waals surface area contributed by atoms with Crippen LogP contribution >= 0.6 is 0 Å². The number of rotatable bonds is 5. The van der Waals surface area contributed by atoms with Gasteiger partial charge in [-0.25, -0.2) is 14.4 Å². The summed E-state index contributed by atoms with van der Waals surface area (Å²) in [5, 5.41) is 3.16. The molecule has 20 heavy (non-hydrogen) atoms. The third kappa shape index (κ3) is 3.44. The Bertz CT molecular complexity index is 557. The van der Waals surface area contributed by atoms with E-state index in [1.54, 1.807) is 18.5 Å². The second-order valence-electron chi connectivity index (χ2n) is 4.97. The molecule has 0 fully saturated rings. The molecule has 1 heterocycles. The van der Waals surface area contributed by atoms with Crippen LogP contribution in [0.1, 0.15) is 19.4 Å². The Morgan fingerprint density at radius 2 is 1.95 bits per heavy atom. The maximum absolute atomic E-state index is 14.1. The number of aromatic nitrogens is 2. The number of nitrogens with one attached hydrogen (secondary N) is 1. The molecule has 5 heteroatoms. The summed E-state index contributed by atoms with van der Waals surface area (Å²) in [6.07, 6.45) is 4.95. The molecule has 0 atom stereocenters. The summed E-state index contributed by atoms with van der Waals surface area (Å²) in [7, 11) is 1.89. The largest absolute Gasteiger partial charge is 0.381 e. The zero-order valence-electron chi connectivity index (χ0n) is 12.0. The van der Waals surface area contributed by atoms with E-state index in [2.05, 4.69) is 15.3 Å². The summed E-state index contributed by atoms with van der Waals surface area (Å²) in [5.74, 6) is -0.226. The van der Waals surface area contributed by atoms with Crippen molar-refractivity contribution in [2.45, 2.75) is 26.4 Å². The minimum Gasteiger partial charge on any atom is -0.381 e. The molecule has 106 valence electrons. The number of benzene rings is 1. The van der Waals surface area contributed by atoms with Crippen molar-refractivity contribution in [3.8, 4) is 0 Å². The van der Waals surface area contributed by atoms with Gasteiger partial charge in [0.2, 0.25) is 0 Å². The topological polar surface area (TPSA) is 41.0 Å². The van der Waals surface area contributed by atoms with Crippen LogP contribution in [0, 0.1) is 5.82 Å². The average molecular weight is 274 g/mol. The normalized spacial score (nSPS) is 10.7. The second-order valence-corrected chi connectivity index (χ2v) is 4.97. The fourth-order valence-corrected chi connectivity index (χ4v) is 1.81. The molecule has 0 aliphatic heterocycles. The molecule has 4 nitrogen and oxygen atoms in total. The van der Waals surface area contributed by atoms with Gasteiger partial charge in [0.15, 0.2) is 0 Å². The molecule has 2 rings (SSSR count).